The van der Waals surface area contributed by atoms with E-state index in [0.29, 0.717) is 23.7 Å². The summed E-state index contributed by atoms with van der Waals surface area (Å²) in [6.45, 7) is 5.74. The molecule has 0 saturated carbocycles. The van der Waals surface area contributed by atoms with Crippen LogP contribution in [-0.4, -0.2) is 15.6 Å². The lowest BCUT2D eigenvalue weighted by atomic mass is 10.1. The maximum absolute atomic E-state index is 11.8. The average molecular weight is 389 g/mol. The predicted molar refractivity (Wildman–Crippen MR) is 106 cm³/mol. The van der Waals surface area contributed by atoms with Crippen molar-refractivity contribution in [2.75, 3.05) is 0 Å². The van der Waals surface area contributed by atoms with Crippen molar-refractivity contribution in [3.63, 3.8) is 0 Å². The summed E-state index contributed by atoms with van der Waals surface area (Å²) in [6, 6.07) is 11.7. The molecule has 0 atom stereocenters. The molecule has 0 unspecified atom stereocenters. The fraction of sp³-hybridized carbons (Fsp3) is 0.250. The molecule has 0 aliphatic carbocycles. The standard InChI is InChI=1S/C20H21ClN2O2S/c1-13-18(11-22-10-17-4-3-9-26-17)19(20(24)25)14(2)23(13)12-15-5-7-16(21)8-6-15/h3-9,22H,10-12H2,1-2H3,(H,24,25). The third kappa shape index (κ3) is 4.01. The van der Waals surface area contributed by atoms with Crippen LogP contribution in [0.25, 0.3) is 0 Å². The van der Waals surface area contributed by atoms with Crippen LogP contribution in [0, 0.1) is 13.8 Å². The quantitative estimate of drug-likeness (QED) is 0.608. The number of benzene rings is 1. The van der Waals surface area contributed by atoms with Gasteiger partial charge in [0.05, 0.1) is 5.56 Å². The molecule has 0 saturated heterocycles. The number of nitrogens with zero attached hydrogens (tertiary/aromatic N) is 1. The van der Waals surface area contributed by atoms with Crippen molar-refractivity contribution in [3.05, 3.63) is 79.8 Å². The number of hydrogen-bond donors (Lipinski definition) is 2. The van der Waals surface area contributed by atoms with Crippen molar-refractivity contribution >= 4 is 28.9 Å². The SMILES string of the molecule is Cc1c(CNCc2cccs2)c(C(=O)O)c(C)n1Cc1ccc(Cl)cc1. The zero-order valence-corrected chi connectivity index (χ0v) is 16.3. The molecule has 3 rings (SSSR count). The highest BCUT2D eigenvalue weighted by molar-refractivity contribution is 7.09. The molecule has 2 heterocycles. The second-order valence-corrected chi connectivity index (χ2v) is 7.69. The molecule has 2 N–H and O–H groups in total. The number of halogens is 1. The highest BCUT2D eigenvalue weighted by Crippen LogP contribution is 2.24. The summed E-state index contributed by atoms with van der Waals surface area (Å²) in [5.41, 5.74) is 4.09. The smallest absolute Gasteiger partial charge is 0.337 e. The number of carboxylic acid groups (broad SMARTS) is 1. The Kier molecular flexibility index (Phi) is 5.81. The van der Waals surface area contributed by atoms with Gasteiger partial charge in [0.1, 0.15) is 0 Å². The topological polar surface area (TPSA) is 54.3 Å². The number of nitrogens with one attached hydrogen (secondary N) is 1. The molecule has 0 aliphatic rings. The number of thiophene rings is 1. The predicted octanol–water partition coefficient (Wildman–Crippen LogP) is 4.86. The molecule has 1 aromatic carbocycles. The molecule has 0 aliphatic heterocycles. The van der Waals surface area contributed by atoms with Crippen LogP contribution in [-0.2, 0) is 19.6 Å². The van der Waals surface area contributed by atoms with E-state index in [9.17, 15) is 9.90 Å². The lowest BCUT2D eigenvalue weighted by molar-refractivity contribution is 0.0694. The minimum Gasteiger partial charge on any atom is -0.478 e. The Labute approximate surface area is 162 Å². The highest BCUT2D eigenvalue weighted by atomic mass is 35.5. The first-order chi connectivity index (χ1) is 12.5. The Morgan fingerprint density at radius 1 is 1.15 bits per heavy atom. The summed E-state index contributed by atoms with van der Waals surface area (Å²) >= 11 is 7.64. The van der Waals surface area contributed by atoms with Crippen molar-refractivity contribution in [1.29, 1.82) is 0 Å². The fourth-order valence-electron chi connectivity index (χ4n) is 3.18. The van der Waals surface area contributed by atoms with Gasteiger partial charge < -0.3 is 15.0 Å². The molecular formula is C20H21ClN2O2S. The summed E-state index contributed by atoms with van der Waals surface area (Å²) in [7, 11) is 0. The van der Waals surface area contributed by atoms with E-state index in [1.54, 1.807) is 11.3 Å². The van der Waals surface area contributed by atoms with Gasteiger partial charge in [-0.2, -0.15) is 0 Å². The van der Waals surface area contributed by atoms with Crippen LogP contribution in [0.2, 0.25) is 5.02 Å². The molecule has 0 radical (unpaired) electrons. The van der Waals surface area contributed by atoms with E-state index in [1.165, 1.54) is 4.88 Å². The molecule has 136 valence electrons. The van der Waals surface area contributed by atoms with Crippen LogP contribution < -0.4 is 5.32 Å². The normalized spacial score (nSPS) is 11.0. The average Bonchev–Trinajstić information content (AvgIpc) is 3.19. The minimum atomic E-state index is -0.881. The molecule has 3 aromatic rings. The Morgan fingerprint density at radius 3 is 2.50 bits per heavy atom. The third-order valence-electron chi connectivity index (χ3n) is 4.56. The second kappa shape index (κ2) is 8.08. The van der Waals surface area contributed by atoms with E-state index in [0.717, 1.165) is 29.1 Å². The Bertz CT molecular complexity index is 899. The maximum atomic E-state index is 11.8. The summed E-state index contributed by atoms with van der Waals surface area (Å²) in [5, 5.41) is 15.8. The van der Waals surface area contributed by atoms with Crippen LogP contribution in [0.15, 0.2) is 41.8 Å². The first kappa shape index (κ1) is 18.7. The van der Waals surface area contributed by atoms with Crippen LogP contribution >= 0.6 is 22.9 Å². The van der Waals surface area contributed by atoms with Crippen LogP contribution in [0.4, 0.5) is 0 Å². The molecule has 2 aromatic heterocycles. The molecule has 0 amide bonds. The van der Waals surface area contributed by atoms with Gasteiger partial charge in [0.25, 0.3) is 0 Å². The van der Waals surface area contributed by atoms with Crippen molar-refractivity contribution < 1.29 is 9.90 Å². The minimum absolute atomic E-state index is 0.398. The number of carbonyl (C=O) groups is 1. The Balaban J connectivity index is 1.85. The lowest BCUT2D eigenvalue weighted by Gasteiger charge is -2.10. The van der Waals surface area contributed by atoms with E-state index in [1.807, 2.05) is 49.6 Å². The lowest BCUT2D eigenvalue weighted by Crippen LogP contribution is -2.15. The molecule has 0 fully saturated rings. The van der Waals surface area contributed by atoms with Gasteiger partial charge in [-0.15, -0.1) is 11.3 Å². The number of aromatic carboxylic acids is 1. The van der Waals surface area contributed by atoms with Gasteiger partial charge in [-0.05, 0) is 43.0 Å². The van der Waals surface area contributed by atoms with Crippen molar-refractivity contribution in [1.82, 2.24) is 9.88 Å². The number of carboxylic acids is 1. The molecular weight excluding hydrogens is 368 g/mol. The van der Waals surface area contributed by atoms with Crippen LogP contribution in [0.3, 0.4) is 0 Å². The molecule has 4 nitrogen and oxygen atoms in total. The van der Waals surface area contributed by atoms with Gasteiger partial charge in [-0.1, -0.05) is 29.8 Å². The van der Waals surface area contributed by atoms with E-state index in [2.05, 4.69) is 16.0 Å². The number of hydrogen-bond acceptors (Lipinski definition) is 3. The molecule has 0 bridgehead atoms. The summed E-state index contributed by atoms with van der Waals surface area (Å²) in [5.74, 6) is -0.881. The summed E-state index contributed by atoms with van der Waals surface area (Å²) in [4.78, 5) is 13.1. The molecule has 0 spiro atoms. The first-order valence-corrected chi connectivity index (χ1v) is 9.62. The Morgan fingerprint density at radius 2 is 1.88 bits per heavy atom. The summed E-state index contributed by atoms with van der Waals surface area (Å²) < 4.78 is 2.06. The van der Waals surface area contributed by atoms with E-state index >= 15 is 0 Å². The van der Waals surface area contributed by atoms with Crippen molar-refractivity contribution in [2.24, 2.45) is 0 Å². The van der Waals surface area contributed by atoms with Gasteiger partial charge >= 0.3 is 5.97 Å². The van der Waals surface area contributed by atoms with Crippen LogP contribution in [0.5, 0.6) is 0 Å². The van der Waals surface area contributed by atoms with E-state index in [4.69, 9.17) is 11.6 Å². The monoisotopic (exact) mass is 388 g/mol. The third-order valence-corrected chi connectivity index (χ3v) is 5.69. The largest absolute Gasteiger partial charge is 0.478 e. The highest BCUT2D eigenvalue weighted by Gasteiger charge is 2.22. The van der Waals surface area contributed by atoms with Gasteiger partial charge in [-0.25, -0.2) is 4.79 Å². The Hall–Kier alpha value is -2.08. The first-order valence-electron chi connectivity index (χ1n) is 8.36. The zero-order chi connectivity index (χ0) is 18.7. The molecule has 26 heavy (non-hydrogen) atoms. The maximum Gasteiger partial charge on any atom is 0.337 e. The number of aromatic nitrogens is 1. The van der Waals surface area contributed by atoms with Crippen molar-refractivity contribution in [3.8, 4) is 0 Å². The van der Waals surface area contributed by atoms with E-state index < -0.39 is 5.97 Å². The van der Waals surface area contributed by atoms with Crippen LogP contribution in [0.1, 0.15) is 37.7 Å². The fourth-order valence-corrected chi connectivity index (χ4v) is 3.98. The zero-order valence-electron chi connectivity index (χ0n) is 14.8. The van der Waals surface area contributed by atoms with Gasteiger partial charge in [0.15, 0.2) is 0 Å². The van der Waals surface area contributed by atoms with Gasteiger partial charge in [0.2, 0.25) is 0 Å². The summed E-state index contributed by atoms with van der Waals surface area (Å²) in [6.07, 6.45) is 0. The molecule has 6 heteroatoms. The number of rotatable bonds is 7. The van der Waals surface area contributed by atoms with Gasteiger partial charge in [0, 0.05) is 46.5 Å². The van der Waals surface area contributed by atoms with Gasteiger partial charge in [-0.3, -0.25) is 0 Å². The van der Waals surface area contributed by atoms with E-state index in [-0.39, 0.29) is 0 Å². The van der Waals surface area contributed by atoms with Crippen molar-refractivity contribution in [2.45, 2.75) is 33.5 Å². The second-order valence-electron chi connectivity index (χ2n) is 6.23.